The van der Waals surface area contributed by atoms with Crippen molar-refractivity contribution in [2.45, 2.75) is 18.9 Å². The van der Waals surface area contributed by atoms with Crippen LogP contribution in [0.3, 0.4) is 0 Å². The first kappa shape index (κ1) is 22.5. The molecule has 1 aliphatic carbocycles. The summed E-state index contributed by atoms with van der Waals surface area (Å²) in [7, 11) is 6.10. The van der Waals surface area contributed by atoms with E-state index >= 15 is 0 Å². The first-order valence-electron chi connectivity index (χ1n) is 10.6. The van der Waals surface area contributed by atoms with Gasteiger partial charge < -0.3 is 23.7 Å². The summed E-state index contributed by atoms with van der Waals surface area (Å²) in [5.41, 5.74) is 1.80. The van der Waals surface area contributed by atoms with Gasteiger partial charge in [-0.05, 0) is 30.5 Å². The Morgan fingerprint density at radius 3 is 2.12 bits per heavy atom. The number of hydrogen-bond donors (Lipinski definition) is 0. The largest absolute Gasteiger partial charge is 0.493 e. The van der Waals surface area contributed by atoms with Gasteiger partial charge in [-0.25, -0.2) is 0 Å². The maximum atomic E-state index is 12.8. The quantitative estimate of drug-likeness (QED) is 0.400. The van der Waals surface area contributed by atoms with Gasteiger partial charge in [-0.15, -0.1) is 0 Å². The Bertz CT molecular complexity index is 1080. The third-order valence-electron chi connectivity index (χ3n) is 5.92. The normalized spacial score (nSPS) is 17.3. The summed E-state index contributed by atoms with van der Waals surface area (Å²) in [5, 5.41) is 0. The van der Waals surface area contributed by atoms with E-state index in [2.05, 4.69) is 6.58 Å². The van der Waals surface area contributed by atoms with Crippen LogP contribution in [-0.4, -0.2) is 46.7 Å². The number of carbonyl (C=O) groups is 2. The van der Waals surface area contributed by atoms with Crippen LogP contribution in [0.4, 0.5) is 5.69 Å². The summed E-state index contributed by atoms with van der Waals surface area (Å²) < 4.78 is 27.4. The molecule has 8 heteroatoms. The SMILES string of the molecule is C=C1C(=O)N(c2cc(OC)c(OC)c(OC)c2)[C@H]1c1ccc(OC)c(OCC(=O)C2CC2)c1. The fourth-order valence-corrected chi connectivity index (χ4v) is 3.95. The lowest BCUT2D eigenvalue weighted by Gasteiger charge is -2.42. The topological polar surface area (TPSA) is 83.5 Å². The molecule has 1 saturated carbocycles. The molecule has 2 aromatic carbocycles. The fourth-order valence-electron chi connectivity index (χ4n) is 3.95. The van der Waals surface area contributed by atoms with Gasteiger partial charge in [0.05, 0.1) is 40.2 Å². The van der Waals surface area contributed by atoms with Crippen molar-refractivity contribution in [3.8, 4) is 28.7 Å². The summed E-state index contributed by atoms with van der Waals surface area (Å²) in [6.45, 7) is 3.96. The van der Waals surface area contributed by atoms with Gasteiger partial charge in [-0.1, -0.05) is 12.6 Å². The van der Waals surface area contributed by atoms with E-state index in [0.29, 0.717) is 40.0 Å². The number of benzene rings is 2. The first-order chi connectivity index (χ1) is 15.9. The Morgan fingerprint density at radius 1 is 0.939 bits per heavy atom. The molecule has 2 fully saturated rings. The van der Waals surface area contributed by atoms with E-state index in [-0.39, 0.29) is 24.2 Å². The van der Waals surface area contributed by atoms with Crippen LogP contribution in [0.1, 0.15) is 24.4 Å². The third kappa shape index (κ3) is 4.08. The molecule has 1 aliphatic heterocycles. The highest BCUT2D eigenvalue weighted by Crippen LogP contribution is 2.48. The molecule has 0 unspecified atom stereocenters. The molecule has 4 rings (SSSR count). The molecule has 0 spiro atoms. The van der Waals surface area contributed by atoms with Gasteiger partial charge in [0.15, 0.2) is 28.8 Å². The van der Waals surface area contributed by atoms with E-state index in [9.17, 15) is 9.59 Å². The van der Waals surface area contributed by atoms with Crippen molar-refractivity contribution < 1.29 is 33.3 Å². The number of anilines is 1. The molecule has 2 aromatic rings. The smallest absolute Gasteiger partial charge is 0.256 e. The molecule has 2 aliphatic rings. The van der Waals surface area contributed by atoms with E-state index < -0.39 is 6.04 Å². The van der Waals surface area contributed by atoms with Crippen molar-refractivity contribution >= 4 is 17.4 Å². The molecule has 0 bridgehead atoms. The average Bonchev–Trinajstić information content (AvgIpc) is 3.69. The van der Waals surface area contributed by atoms with Crippen LogP contribution in [0.15, 0.2) is 42.5 Å². The highest BCUT2D eigenvalue weighted by atomic mass is 16.5. The summed E-state index contributed by atoms with van der Waals surface area (Å²) in [6, 6.07) is 8.40. The van der Waals surface area contributed by atoms with Crippen molar-refractivity contribution in [3.63, 3.8) is 0 Å². The highest BCUT2D eigenvalue weighted by molar-refractivity contribution is 6.15. The number of ether oxygens (including phenoxy) is 5. The number of hydrogen-bond acceptors (Lipinski definition) is 7. The van der Waals surface area contributed by atoms with Gasteiger partial charge in [0.25, 0.3) is 5.91 Å². The predicted molar refractivity (Wildman–Crippen MR) is 122 cm³/mol. The molecular formula is C25H27NO7. The number of amides is 1. The van der Waals surface area contributed by atoms with Crippen LogP contribution in [0.5, 0.6) is 28.7 Å². The molecule has 0 aromatic heterocycles. The van der Waals surface area contributed by atoms with Crippen LogP contribution in [-0.2, 0) is 9.59 Å². The Morgan fingerprint density at radius 2 is 1.58 bits per heavy atom. The molecule has 1 atom stereocenters. The minimum absolute atomic E-state index is 0.00832. The molecule has 33 heavy (non-hydrogen) atoms. The number of β-lactam (4-membered cyclic amide) rings is 1. The summed E-state index contributed by atoms with van der Waals surface area (Å²) in [4.78, 5) is 26.5. The minimum Gasteiger partial charge on any atom is -0.493 e. The lowest BCUT2D eigenvalue weighted by atomic mass is 9.88. The third-order valence-corrected chi connectivity index (χ3v) is 5.92. The second-order valence-corrected chi connectivity index (χ2v) is 7.93. The van der Waals surface area contributed by atoms with Gasteiger partial charge in [-0.3, -0.25) is 14.5 Å². The number of nitrogens with zero attached hydrogens (tertiary/aromatic N) is 1. The highest BCUT2D eigenvalue weighted by Gasteiger charge is 2.43. The molecule has 1 saturated heterocycles. The molecule has 0 radical (unpaired) electrons. The number of ketones is 1. The minimum atomic E-state index is -0.423. The number of methoxy groups -OCH3 is 4. The molecule has 1 heterocycles. The van der Waals surface area contributed by atoms with Gasteiger partial charge in [-0.2, -0.15) is 0 Å². The van der Waals surface area contributed by atoms with E-state index in [1.807, 2.05) is 6.07 Å². The van der Waals surface area contributed by atoms with Gasteiger partial charge in [0.1, 0.15) is 6.61 Å². The van der Waals surface area contributed by atoms with Crippen molar-refractivity contribution in [2.24, 2.45) is 5.92 Å². The van der Waals surface area contributed by atoms with Gasteiger partial charge in [0, 0.05) is 23.6 Å². The van der Waals surface area contributed by atoms with Crippen LogP contribution in [0.2, 0.25) is 0 Å². The Balaban J connectivity index is 1.67. The molecule has 174 valence electrons. The maximum absolute atomic E-state index is 12.8. The number of Topliss-reactive ketones (excluding diaryl/α,β-unsaturated/α-hetero) is 1. The number of rotatable bonds is 10. The Kier molecular flexibility index (Phi) is 6.18. The van der Waals surface area contributed by atoms with Crippen molar-refractivity contribution in [1.29, 1.82) is 0 Å². The number of carbonyl (C=O) groups excluding carboxylic acids is 2. The maximum Gasteiger partial charge on any atom is 0.256 e. The lowest BCUT2D eigenvalue weighted by molar-refractivity contribution is -0.122. The molecule has 0 N–H and O–H groups in total. The zero-order chi connectivity index (χ0) is 23.7. The van der Waals surface area contributed by atoms with Gasteiger partial charge in [0.2, 0.25) is 5.75 Å². The summed E-state index contributed by atoms with van der Waals surface area (Å²) >= 11 is 0. The zero-order valence-electron chi connectivity index (χ0n) is 19.2. The van der Waals surface area contributed by atoms with Crippen LogP contribution < -0.4 is 28.6 Å². The second kappa shape index (κ2) is 9.05. The van der Waals surface area contributed by atoms with E-state index in [1.54, 1.807) is 36.3 Å². The molecule has 8 nitrogen and oxygen atoms in total. The van der Waals surface area contributed by atoms with E-state index in [0.717, 1.165) is 18.4 Å². The summed E-state index contributed by atoms with van der Waals surface area (Å²) in [5.74, 6) is 2.26. The molecular weight excluding hydrogens is 426 g/mol. The van der Waals surface area contributed by atoms with Crippen molar-refractivity contribution in [2.75, 3.05) is 39.9 Å². The standard InChI is InChI=1S/C25H27NO7/c1-14-23(16-8-9-19(29-2)20(10-16)33-13-18(27)15-6-7-15)26(25(14)28)17-11-21(30-3)24(32-5)22(12-17)31-4/h8-12,15,23H,1,6-7,13H2,2-5H3/t23-/m1/s1. The van der Waals surface area contributed by atoms with Crippen LogP contribution in [0, 0.1) is 5.92 Å². The Hall–Kier alpha value is -3.68. The first-order valence-corrected chi connectivity index (χ1v) is 10.6. The fraction of sp³-hybridized carbons (Fsp3) is 0.360. The van der Waals surface area contributed by atoms with E-state index in [4.69, 9.17) is 23.7 Å². The lowest BCUT2D eigenvalue weighted by Crippen LogP contribution is -2.48. The van der Waals surface area contributed by atoms with Crippen molar-refractivity contribution in [3.05, 3.63) is 48.0 Å². The predicted octanol–water partition coefficient (Wildman–Crippen LogP) is 3.72. The Labute approximate surface area is 192 Å². The van der Waals surface area contributed by atoms with Crippen LogP contribution >= 0.6 is 0 Å². The van der Waals surface area contributed by atoms with Crippen LogP contribution in [0.25, 0.3) is 0 Å². The average molecular weight is 453 g/mol. The monoisotopic (exact) mass is 453 g/mol. The second-order valence-electron chi connectivity index (χ2n) is 7.93. The zero-order valence-corrected chi connectivity index (χ0v) is 19.2. The van der Waals surface area contributed by atoms with Gasteiger partial charge >= 0.3 is 0 Å². The molecule has 1 amide bonds. The van der Waals surface area contributed by atoms with E-state index in [1.165, 1.54) is 21.3 Å². The summed E-state index contributed by atoms with van der Waals surface area (Å²) in [6.07, 6.45) is 1.85. The van der Waals surface area contributed by atoms with Crippen molar-refractivity contribution in [1.82, 2.24) is 0 Å².